The number of methoxy groups -OCH3 is 1. The van der Waals surface area contributed by atoms with Gasteiger partial charge in [-0.2, -0.15) is 13.2 Å². The quantitative estimate of drug-likeness (QED) is 0.797. The molecule has 1 aliphatic rings. The maximum Gasteiger partial charge on any atom is 0.433 e. The van der Waals surface area contributed by atoms with Crippen LogP contribution in [0.2, 0.25) is 0 Å². The number of carboxylic acid groups (broad SMARTS) is 1. The SMILES string of the molecule is COCCCC1(C(=O)O)CCCN(c2nccc(C(F)(F)F)n2)C1. The van der Waals surface area contributed by atoms with Crippen molar-refractivity contribution in [1.82, 2.24) is 9.97 Å². The summed E-state index contributed by atoms with van der Waals surface area (Å²) in [7, 11) is 1.54. The molecule has 1 unspecified atom stereocenters. The summed E-state index contributed by atoms with van der Waals surface area (Å²) in [6.07, 6.45) is -1.52. The highest BCUT2D eigenvalue weighted by atomic mass is 19.4. The molecule has 2 heterocycles. The van der Waals surface area contributed by atoms with Gasteiger partial charge in [0.05, 0.1) is 5.41 Å². The second kappa shape index (κ2) is 7.33. The van der Waals surface area contributed by atoms with Gasteiger partial charge in [0.2, 0.25) is 5.95 Å². The highest BCUT2D eigenvalue weighted by Crippen LogP contribution is 2.37. The normalized spacial score (nSPS) is 21.8. The zero-order valence-corrected chi connectivity index (χ0v) is 13.3. The number of nitrogens with zero attached hydrogens (tertiary/aromatic N) is 3. The fraction of sp³-hybridized carbons (Fsp3) is 0.667. The number of aromatic nitrogens is 2. The lowest BCUT2D eigenvalue weighted by Gasteiger charge is -2.40. The molecule has 6 nitrogen and oxygen atoms in total. The van der Waals surface area contributed by atoms with Gasteiger partial charge in [-0.15, -0.1) is 0 Å². The van der Waals surface area contributed by atoms with E-state index in [1.54, 1.807) is 0 Å². The highest BCUT2D eigenvalue weighted by Gasteiger charge is 2.43. The first kappa shape index (κ1) is 18.4. The van der Waals surface area contributed by atoms with Gasteiger partial charge in [-0.3, -0.25) is 4.79 Å². The highest BCUT2D eigenvalue weighted by molar-refractivity contribution is 5.75. The summed E-state index contributed by atoms with van der Waals surface area (Å²) < 4.78 is 43.4. The molecule has 0 radical (unpaired) electrons. The number of anilines is 1. The molecule has 1 atom stereocenters. The molecule has 0 aliphatic carbocycles. The third-order valence-electron chi connectivity index (χ3n) is 4.25. The molecule has 0 spiro atoms. The average molecular weight is 347 g/mol. The van der Waals surface area contributed by atoms with E-state index in [4.69, 9.17) is 4.74 Å². The predicted molar refractivity (Wildman–Crippen MR) is 79.7 cm³/mol. The number of hydrogen-bond donors (Lipinski definition) is 1. The molecule has 1 fully saturated rings. The van der Waals surface area contributed by atoms with Crippen LogP contribution in [-0.2, 0) is 15.7 Å². The van der Waals surface area contributed by atoms with E-state index in [-0.39, 0.29) is 12.5 Å². The third kappa shape index (κ3) is 4.14. The Kier molecular flexibility index (Phi) is 5.63. The van der Waals surface area contributed by atoms with Crippen LogP contribution < -0.4 is 4.90 Å². The van der Waals surface area contributed by atoms with E-state index < -0.39 is 23.3 Å². The number of aliphatic carboxylic acids is 1. The molecular weight excluding hydrogens is 327 g/mol. The number of hydrogen-bond acceptors (Lipinski definition) is 5. The molecule has 0 bridgehead atoms. The third-order valence-corrected chi connectivity index (χ3v) is 4.25. The van der Waals surface area contributed by atoms with E-state index in [0.29, 0.717) is 38.8 Å². The summed E-state index contributed by atoms with van der Waals surface area (Å²) in [5.41, 5.74) is -2.05. The number of ether oxygens (including phenoxy) is 1. The number of halogens is 3. The number of rotatable bonds is 6. The standard InChI is InChI=1S/C15H20F3N3O3/c1-24-9-3-6-14(12(22)23)5-2-8-21(10-14)13-19-7-4-11(20-13)15(16,17)18/h4,7H,2-3,5-6,8-10H2,1H3,(H,22,23). The summed E-state index contributed by atoms with van der Waals surface area (Å²) >= 11 is 0. The van der Waals surface area contributed by atoms with E-state index >= 15 is 0 Å². The molecule has 0 amide bonds. The summed E-state index contributed by atoms with van der Waals surface area (Å²) in [4.78, 5) is 20.8. The Morgan fingerprint density at radius 2 is 2.25 bits per heavy atom. The van der Waals surface area contributed by atoms with Crippen molar-refractivity contribution in [2.45, 2.75) is 31.9 Å². The van der Waals surface area contributed by atoms with E-state index in [0.717, 1.165) is 12.3 Å². The van der Waals surface area contributed by atoms with Gasteiger partial charge in [0.15, 0.2) is 0 Å². The first-order valence-electron chi connectivity index (χ1n) is 7.66. The lowest BCUT2D eigenvalue weighted by Crippen LogP contribution is -2.48. The van der Waals surface area contributed by atoms with Gasteiger partial charge in [-0.25, -0.2) is 9.97 Å². The van der Waals surface area contributed by atoms with Crippen molar-refractivity contribution in [3.63, 3.8) is 0 Å². The molecule has 1 aromatic heterocycles. The molecule has 1 saturated heterocycles. The van der Waals surface area contributed by atoms with E-state index in [9.17, 15) is 23.1 Å². The summed E-state index contributed by atoms with van der Waals surface area (Å²) in [6.45, 7) is 0.961. The second-order valence-electron chi connectivity index (χ2n) is 5.95. The van der Waals surface area contributed by atoms with Crippen LogP contribution in [0.25, 0.3) is 0 Å². The number of piperidine rings is 1. The average Bonchev–Trinajstić information content (AvgIpc) is 2.54. The monoisotopic (exact) mass is 347 g/mol. The van der Waals surface area contributed by atoms with Crippen LogP contribution in [0.15, 0.2) is 12.3 Å². The van der Waals surface area contributed by atoms with Gasteiger partial charge < -0.3 is 14.7 Å². The van der Waals surface area contributed by atoms with Crippen molar-refractivity contribution < 1.29 is 27.8 Å². The minimum atomic E-state index is -4.56. The zero-order valence-electron chi connectivity index (χ0n) is 13.3. The van der Waals surface area contributed by atoms with E-state index in [1.807, 2.05) is 0 Å². The van der Waals surface area contributed by atoms with Crippen LogP contribution in [0.5, 0.6) is 0 Å². The van der Waals surface area contributed by atoms with E-state index in [2.05, 4.69) is 9.97 Å². The smallest absolute Gasteiger partial charge is 0.433 e. The molecule has 134 valence electrons. The van der Waals surface area contributed by atoms with Crippen molar-refractivity contribution in [3.8, 4) is 0 Å². The first-order chi connectivity index (χ1) is 11.3. The molecular formula is C15H20F3N3O3. The Balaban J connectivity index is 2.21. The molecule has 9 heteroatoms. The molecule has 1 aliphatic heterocycles. The van der Waals surface area contributed by atoms with Crippen molar-refractivity contribution in [3.05, 3.63) is 18.0 Å². The fourth-order valence-corrected chi connectivity index (χ4v) is 3.00. The van der Waals surface area contributed by atoms with Gasteiger partial charge in [-0.05, 0) is 31.7 Å². The minimum Gasteiger partial charge on any atom is -0.481 e. The maximum atomic E-state index is 12.8. The molecule has 0 aromatic carbocycles. The lowest BCUT2D eigenvalue weighted by molar-refractivity contribution is -0.150. The Morgan fingerprint density at radius 3 is 2.88 bits per heavy atom. The Bertz CT molecular complexity index is 583. The van der Waals surface area contributed by atoms with Crippen molar-refractivity contribution >= 4 is 11.9 Å². The minimum absolute atomic E-state index is 0.0816. The van der Waals surface area contributed by atoms with Crippen molar-refractivity contribution in [2.75, 3.05) is 31.7 Å². The summed E-state index contributed by atoms with van der Waals surface area (Å²) in [5.74, 6) is -1.03. The van der Waals surface area contributed by atoms with Crippen LogP contribution >= 0.6 is 0 Å². The van der Waals surface area contributed by atoms with Crippen LogP contribution in [0.1, 0.15) is 31.4 Å². The van der Waals surface area contributed by atoms with Gasteiger partial charge >= 0.3 is 12.1 Å². The second-order valence-corrected chi connectivity index (χ2v) is 5.95. The topological polar surface area (TPSA) is 75.6 Å². The van der Waals surface area contributed by atoms with Gasteiger partial charge in [0.25, 0.3) is 0 Å². The van der Waals surface area contributed by atoms with Crippen molar-refractivity contribution in [2.24, 2.45) is 5.41 Å². The number of alkyl halides is 3. The number of carbonyl (C=O) groups is 1. The Labute approximate surface area is 137 Å². The number of carboxylic acids is 1. The Morgan fingerprint density at radius 1 is 1.50 bits per heavy atom. The Hall–Kier alpha value is -1.90. The maximum absolute atomic E-state index is 12.8. The molecule has 2 rings (SSSR count). The van der Waals surface area contributed by atoms with Crippen LogP contribution in [-0.4, -0.2) is 47.8 Å². The first-order valence-corrected chi connectivity index (χ1v) is 7.66. The van der Waals surface area contributed by atoms with Gasteiger partial charge in [0.1, 0.15) is 5.69 Å². The molecule has 1 aromatic rings. The van der Waals surface area contributed by atoms with Crippen molar-refractivity contribution in [1.29, 1.82) is 0 Å². The van der Waals surface area contributed by atoms with Gasteiger partial charge in [-0.1, -0.05) is 0 Å². The van der Waals surface area contributed by atoms with E-state index in [1.165, 1.54) is 12.0 Å². The summed E-state index contributed by atoms with van der Waals surface area (Å²) in [5, 5.41) is 9.65. The molecule has 24 heavy (non-hydrogen) atoms. The fourth-order valence-electron chi connectivity index (χ4n) is 3.00. The lowest BCUT2D eigenvalue weighted by atomic mass is 9.76. The predicted octanol–water partition coefficient (Wildman–Crippen LogP) is 2.59. The zero-order chi connectivity index (χ0) is 17.8. The molecule has 1 N–H and O–H groups in total. The van der Waals surface area contributed by atoms with Gasteiger partial charge in [0, 0.05) is 33.0 Å². The largest absolute Gasteiger partial charge is 0.481 e. The summed E-state index contributed by atoms with van der Waals surface area (Å²) in [6, 6.07) is 0.802. The van der Waals surface area contributed by atoms with Crippen LogP contribution in [0, 0.1) is 5.41 Å². The van der Waals surface area contributed by atoms with Crippen LogP contribution in [0.4, 0.5) is 19.1 Å². The molecule has 0 saturated carbocycles. The van der Waals surface area contributed by atoms with Crippen LogP contribution in [0.3, 0.4) is 0 Å².